The third kappa shape index (κ3) is 5.40. The van der Waals surface area contributed by atoms with Crippen molar-refractivity contribution in [3.63, 3.8) is 0 Å². The van der Waals surface area contributed by atoms with E-state index in [2.05, 4.69) is 15.3 Å². The summed E-state index contributed by atoms with van der Waals surface area (Å²) < 4.78 is 44.5. The number of nitro groups is 1. The Hall–Kier alpha value is -3.41. The second kappa shape index (κ2) is 9.16. The number of hydrogen-bond donors (Lipinski definition) is 1. The zero-order chi connectivity index (χ0) is 22.6. The monoisotopic (exact) mass is 452 g/mol. The van der Waals surface area contributed by atoms with E-state index in [1.165, 1.54) is 24.3 Å². The van der Waals surface area contributed by atoms with Crippen molar-refractivity contribution in [1.29, 1.82) is 0 Å². The standard InChI is InChI=1S/C19H15F3N4O4S/c1-2-30-11-7-8-14(15(9-11)26(28)29)23-16(27)10-31-17-12-5-3-4-6-13(12)24-18(25-17)19(20,21)22/h3-9H,2,10H2,1H3,(H,23,27). The van der Waals surface area contributed by atoms with Gasteiger partial charge in [0.1, 0.15) is 16.5 Å². The molecule has 162 valence electrons. The first-order valence-corrected chi connectivity index (χ1v) is 9.85. The molecule has 0 aliphatic heterocycles. The number of carbonyl (C=O) groups excluding carboxylic acids is 1. The van der Waals surface area contributed by atoms with E-state index in [0.717, 1.165) is 11.8 Å². The normalized spacial score (nSPS) is 11.4. The van der Waals surface area contributed by atoms with Crippen LogP contribution in [-0.2, 0) is 11.0 Å². The Kier molecular flexibility index (Phi) is 6.59. The van der Waals surface area contributed by atoms with E-state index in [-0.39, 0.29) is 33.4 Å². The molecule has 0 radical (unpaired) electrons. The molecule has 31 heavy (non-hydrogen) atoms. The number of para-hydroxylation sites is 1. The number of halogens is 3. The van der Waals surface area contributed by atoms with E-state index in [9.17, 15) is 28.1 Å². The van der Waals surface area contributed by atoms with Crippen LogP contribution >= 0.6 is 11.8 Å². The van der Waals surface area contributed by atoms with Crippen molar-refractivity contribution in [2.75, 3.05) is 17.7 Å². The number of ether oxygens (including phenoxy) is 1. The second-order valence-corrected chi connectivity index (χ2v) is 7.04. The van der Waals surface area contributed by atoms with E-state index < -0.39 is 22.8 Å². The number of aromatic nitrogens is 2. The van der Waals surface area contributed by atoms with E-state index in [1.54, 1.807) is 25.1 Å². The summed E-state index contributed by atoms with van der Waals surface area (Å²) in [5.74, 6) is -2.00. The SMILES string of the molecule is CCOc1ccc(NC(=O)CSc2nc(C(F)(F)F)nc3ccccc23)c([N+](=O)[O-])c1. The number of nitro benzene ring substituents is 1. The van der Waals surface area contributed by atoms with Gasteiger partial charge in [-0.15, -0.1) is 0 Å². The van der Waals surface area contributed by atoms with Gasteiger partial charge in [0.05, 0.1) is 28.9 Å². The third-order valence-electron chi connectivity index (χ3n) is 3.91. The minimum absolute atomic E-state index is 0.0192. The molecule has 0 spiro atoms. The molecule has 1 aromatic heterocycles. The average Bonchev–Trinajstić information content (AvgIpc) is 2.72. The summed E-state index contributed by atoms with van der Waals surface area (Å²) in [6, 6.07) is 10.1. The number of thioether (sulfide) groups is 1. The van der Waals surface area contributed by atoms with E-state index >= 15 is 0 Å². The van der Waals surface area contributed by atoms with Crippen molar-refractivity contribution >= 4 is 39.9 Å². The molecule has 2 aromatic carbocycles. The van der Waals surface area contributed by atoms with E-state index in [4.69, 9.17) is 4.74 Å². The number of fused-ring (bicyclic) bond motifs is 1. The lowest BCUT2D eigenvalue weighted by molar-refractivity contribution is -0.384. The summed E-state index contributed by atoms with van der Waals surface area (Å²) >= 11 is 0.775. The van der Waals surface area contributed by atoms with Gasteiger partial charge in [0, 0.05) is 5.39 Å². The maximum Gasteiger partial charge on any atom is 0.451 e. The fourth-order valence-corrected chi connectivity index (χ4v) is 3.45. The molecule has 1 amide bonds. The van der Waals surface area contributed by atoms with Crippen LogP contribution in [0.1, 0.15) is 12.7 Å². The fraction of sp³-hybridized carbons (Fsp3) is 0.211. The highest BCUT2D eigenvalue weighted by Crippen LogP contribution is 2.33. The first-order chi connectivity index (χ1) is 14.7. The van der Waals surface area contributed by atoms with Gasteiger partial charge in [-0.1, -0.05) is 30.0 Å². The molecule has 3 rings (SSSR count). The number of amides is 1. The first kappa shape index (κ1) is 22.3. The summed E-state index contributed by atoms with van der Waals surface area (Å²) in [6.07, 6.45) is -4.75. The number of carbonyl (C=O) groups is 1. The second-order valence-electron chi connectivity index (χ2n) is 6.07. The topological polar surface area (TPSA) is 107 Å². The highest BCUT2D eigenvalue weighted by atomic mass is 32.2. The Bertz CT molecular complexity index is 1140. The van der Waals surface area contributed by atoms with Crippen molar-refractivity contribution in [3.8, 4) is 5.75 Å². The first-order valence-electron chi connectivity index (χ1n) is 8.87. The molecule has 8 nitrogen and oxygen atoms in total. The smallest absolute Gasteiger partial charge is 0.451 e. The Morgan fingerprint density at radius 1 is 1.23 bits per heavy atom. The van der Waals surface area contributed by atoms with Gasteiger partial charge in [0.2, 0.25) is 11.7 Å². The van der Waals surface area contributed by atoms with Gasteiger partial charge in [-0.3, -0.25) is 14.9 Å². The predicted molar refractivity (Wildman–Crippen MR) is 108 cm³/mol. The summed E-state index contributed by atoms with van der Waals surface area (Å²) in [6.45, 7) is 2.03. The number of anilines is 1. The molecule has 0 aliphatic carbocycles. The molecule has 0 aliphatic rings. The minimum Gasteiger partial charge on any atom is -0.494 e. The summed E-state index contributed by atoms with van der Waals surface area (Å²) in [7, 11) is 0. The number of benzene rings is 2. The van der Waals surface area contributed by atoms with Crippen LogP contribution in [-0.4, -0.2) is 33.2 Å². The van der Waals surface area contributed by atoms with Crippen LogP contribution < -0.4 is 10.1 Å². The molecular formula is C19H15F3N4O4S. The predicted octanol–water partition coefficient (Wildman–Crippen LogP) is 4.69. The highest BCUT2D eigenvalue weighted by Gasteiger charge is 2.35. The van der Waals surface area contributed by atoms with Gasteiger partial charge >= 0.3 is 6.18 Å². The molecule has 12 heteroatoms. The zero-order valence-corrected chi connectivity index (χ0v) is 16.8. The quantitative estimate of drug-likeness (QED) is 0.240. The van der Waals surface area contributed by atoms with Crippen molar-refractivity contribution in [2.45, 2.75) is 18.1 Å². The molecule has 0 unspecified atom stereocenters. The van der Waals surface area contributed by atoms with E-state index in [0.29, 0.717) is 12.0 Å². The van der Waals surface area contributed by atoms with E-state index in [1.807, 2.05) is 0 Å². The van der Waals surface area contributed by atoms with Crippen LogP contribution in [0.25, 0.3) is 10.9 Å². The molecule has 1 heterocycles. The lowest BCUT2D eigenvalue weighted by Crippen LogP contribution is -2.16. The van der Waals surface area contributed by atoms with Crippen LogP contribution in [0.2, 0.25) is 0 Å². The van der Waals surface area contributed by atoms with Crippen LogP contribution in [0.5, 0.6) is 5.75 Å². The third-order valence-corrected chi connectivity index (χ3v) is 4.90. The number of hydrogen-bond acceptors (Lipinski definition) is 7. The maximum atomic E-state index is 13.1. The van der Waals surface area contributed by atoms with Crippen molar-refractivity contribution in [1.82, 2.24) is 9.97 Å². The summed E-state index contributed by atoms with van der Waals surface area (Å²) in [4.78, 5) is 30.0. The van der Waals surface area contributed by atoms with Crippen LogP contribution in [0.3, 0.4) is 0 Å². The van der Waals surface area contributed by atoms with Gasteiger partial charge < -0.3 is 10.1 Å². The number of rotatable bonds is 7. The molecule has 0 fully saturated rings. The van der Waals surface area contributed by atoms with Crippen molar-refractivity contribution in [2.24, 2.45) is 0 Å². The van der Waals surface area contributed by atoms with Crippen LogP contribution in [0, 0.1) is 10.1 Å². The largest absolute Gasteiger partial charge is 0.494 e. The Labute approximate surface area is 178 Å². The van der Waals surface area contributed by atoms with Gasteiger partial charge in [-0.2, -0.15) is 13.2 Å². The van der Waals surface area contributed by atoms with Gasteiger partial charge in [0.15, 0.2) is 0 Å². The molecule has 0 saturated carbocycles. The Balaban J connectivity index is 1.80. The van der Waals surface area contributed by atoms with Crippen molar-refractivity contribution < 1.29 is 27.6 Å². The number of nitrogens with one attached hydrogen (secondary N) is 1. The summed E-state index contributed by atoms with van der Waals surface area (Å²) in [5.41, 5.74) is -0.325. The lowest BCUT2D eigenvalue weighted by Gasteiger charge is -2.11. The molecule has 0 atom stereocenters. The van der Waals surface area contributed by atoms with Crippen molar-refractivity contribution in [3.05, 3.63) is 58.4 Å². The highest BCUT2D eigenvalue weighted by molar-refractivity contribution is 8.00. The lowest BCUT2D eigenvalue weighted by atomic mass is 10.2. The number of nitrogens with zero attached hydrogens (tertiary/aromatic N) is 3. The minimum atomic E-state index is -4.75. The van der Waals surface area contributed by atoms with Crippen LogP contribution in [0.4, 0.5) is 24.5 Å². The van der Waals surface area contributed by atoms with Gasteiger partial charge in [-0.05, 0) is 25.1 Å². The molecular weight excluding hydrogens is 437 g/mol. The van der Waals surface area contributed by atoms with Gasteiger partial charge in [0.25, 0.3) is 5.69 Å². The maximum absolute atomic E-state index is 13.1. The molecule has 0 bridgehead atoms. The van der Waals surface area contributed by atoms with Gasteiger partial charge in [-0.25, -0.2) is 9.97 Å². The molecule has 0 saturated heterocycles. The Morgan fingerprint density at radius 3 is 2.65 bits per heavy atom. The molecule has 3 aromatic rings. The molecule has 1 N–H and O–H groups in total. The fourth-order valence-electron chi connectivity index (χ4n) is 2.63. The number of alkyl halides is 3. The average molecular weight is 452 g/mol. The summed E-state index contributed by atoms with van der Waals surface area (Å²) in [5, 5.41) is 14.0. The van der Waals surface area contributed by atoms with Crippen LogP contribution in [0.15, 0.2) is 47.5 Å². The Morgan fingerprint density at radius 2 is 1.97 bits per heavy atom. The zero-order valence-electron chi connectivity index (χ0n) is 16.0.